The molecule has 2 rings (SSSR count). The van der Waals surface area contributed by atoms with Gasteiger partial charge in [0.05, 0.1) is 21.6 Å². The van der Waals surface area contributed by atoms with Gasteiger partial charge in [-0.25, -0.2) is 8.78 Å². The highest BCUT2D eigenvalue weighted by atomic mass is 35.5. The third-order valence-corrected chi connectivity index (χ3v) is 11.1. The van der Waals surface area contributed by atoms with Crippen LogP contribution in [0.5, 0.6) is 11.5 Å². The third-order valence-electron chi connectivity index (χ3n) is 6.13. The van der Waals surface area contributed by atoms with Crippen LogP contribution in [0.3, 0.4) is 0 Å². The van der Waals surface area contributed by atoms with E-state index in [1.165, 1.54) is 0 Å². The van der Waals surface area contributed by atoms with Crippen LogP contribution < -0.4 is 4.74 Å². The van der Waals surface area contributed by atoms with Gasteiger partial charge in [-0.1, -0.05) is 59.6 Å². The van der Waals surface area contributed by atoms with Crippen molar-refractivity contribution in [2.24, 2.45) is 0 Å². The standard InChI is InChI=1S/C28H26Cl2F14OS4/c29-21-15(7-3-1-5-9-48-27(39,40)41)23(31)17(11-19(21)46-13-25(33,34)35)45-18-12-20(47-14-26(36,37)38)22(30)16(24(18)32)8-4-2-6-10-49-28(42,43)44/h11-12H,1-10,13-14H2. The first kappa shape index (κ1) is 44.4. The molecule has 0 amide bonds. The van der Waals surface area contributed by atoms with Gasteiger partial charge in [-0.3, -0.25) is 0 Å². The van der Waals surface area contributed by atoms with E-state index in [1.807, 2.05) is 0 Å². The van der Waals surface area contributed by atoms with Crippen molar-refractivity contribution in [3.63, 3.8) is 0 Å². The number of alkyl halides is 12. The molecule has 0 spiro atoms. The van der Waals surface area contributed by atoms with E-state index in [1.54, 1.807) is 0 Å². The van der Waals surface area contributed by atoms with Crippen molar-refractivity contribution >= 4 is 70.2 Å². The Bertz CT molecular complexity index is 1260. The van der Waals surface area contributed by atoms with Gasteiger partial charge in [0, 0.05) is 32.4 Å². The minimum atomic E-state index is -4.70. The molecule has 0 fully saturated rings. The first-order valence-corrected chi connectivity index (χ1v) is 18.7. The highest BCUT2D eigenvalue weighted by molar-refractivity contribution is 8.00. The average molecular weight is 844 g/mol. The van der Waals surface area contributed by atoms with Gasteiger partial charge >= 0.3 is 23.4 Å². The Balaban J connectivity index is 2.44. The molecule has 0 heterocycles. The predicted octanol–water partition coefficient (Wildman–Crippen LogP) is 14.3. The average Bonchev–Trinajstić information content (AvgIpc) is 2.94. The maximum Gasteiger partial charge on any atom is 0.441 e. The van der Waals surface area contributed by atoms with Crippen LogP contribution in [-0.4, -0.2) is 46.4 Å². The van der Waals surface area contributed by atoms with Gasteiger partial charge in [-0.15, -0.1) is 23.5 Å². The smallest absolute Gasteiger partial charge is 0.441 e. The van der Waals surface area contributed by atoms with Crippen LogP contribution in [0.2, 0.25) is 10.0 Å². The molecular formula is C28H26Cl2F14OS4. The zero-order chi connectivity index (χ0) is 37.2. The molecule has 0 aliphatic carbocycles. The molecule has 0 radical (unpaired) electrons. The second-order valence-corrected chi connectivity index (χ2v) is 15.2. The number of benzene rings is 2. The number of hydrogen-bond acceptors (Lipinski definition) is 5. The van der Waals surface area contributed by atoms with Crippen LogP contribution in [0.1, 0.15) is 49.7 Å². The summed E-state index contributed by atoms with van der Waals surface area (Å²) in [4.78, 5) is -0.674. The van der Waals surface area contributed by atoms with Crippen molar-refractivity contribution in [2.75, 3.05) is 23.0 Å². The van der Waals surface area contributed by atoms with Crippen LogP contribution in [-0.2, 0) is 12.8 Å². The fourth-order valence-corrected chi connectivity index (χ4v) is 7.52. The van der Waals surface area contributed by atoms with E-state index in [2.05, 4.69) is 0 Å². The Morgan fingerprint density at radius 1 is 0.531 bits per heavy atom. The molecule has 280 valence electrons. The van der Waals surface area contributed by atoms with E-state index in [0.29, 0.717) is 0 Å². The Kier molecular flexibility index (Phi) is 17.5. The molecule has 0 saturated heterocycles. The first-order valence-electron chi connectivity index (χ1n) is 14.0. The number of ether oxygens (including phenoxy) is 1. The van der Waals surface area contributed by atoms with Crippen LogP contribution in [0.4, 0.5) is 61.5 Å². The molecule has 0 aromatic heterocycles. The molecule has 21 heteroatoms. The summed E-state index contributed by atoms with van der Waals surface area (Å²) in [6.07, 6.45) is -9.38. The molecule has 2 aromatic rings. The minimum Gasteiger partial charge on any atom is -0.451 e. The summed E-state index contributed by atoms with van der Waals surface area (Å²) in [7, 11) is 0. The van der Waals surface area contributed by atoms with Gasteiger partial charge in [-0.2, -0.15) is 52.7 Å². The van der Waals surface area contributed by atoms with Crippen LogP contribution in [0.25, 0.3) is 0 Å². The number of thioether (sulfide) groups is 4. The van der Waals surface area contributed by atoms with Gasteiger partial charge in [0.15, 0.2) is 23.1 Å². The zero-order valence-electron chi connectivity index (χ0n) is 24.7. The van der Waals surface area contributed by atoms with E-state index >= 15 is 8.78 Å². The summed E-state index contributed by atoms with van der Waals surface area (Å²) in [5.74, 6) is -7.71. The zero-order valence-corrected chi connectivity index (χ0v) is 29.5. The summed E-state index contributed by atoms with van der Waals surface area (Å²) in [6.45, 7) is 0. The monoisotopic (exact) mass is 842 g/mol. The summed E-state index contributed by atoms with van der Waals surface area (Å²) in [5, 5.41) is -0.878. The lowest BCUT2D eigenvalue weighted by Crippen LogP contribution is -2.11. The maximum atomic E-state index is 15.7. The summed E-state index contributed by atoms with van der Waals surface area (Å²) < 4.78 is 189. The Hall–Kier alpha value is -0.760. The lowest BCUT2D eigenvalue weighted by Gasteiger charge is -2.19. The normalized spacial score (nSPS) is 13.0. The van der Waals surface area contributed by atoms with Crippen molar-refractivity contribution in [2.45, 2.75) is 84.5 Å². The predicted molar refractivity (Wildman–Crippen MR) is 169 cm³/mol. The molecule has 0 bridgehead atoms. The van der Waals surface area contributed by atoms with Crippen LogP contribution >= 0.6 is 70.2 Å². The van der Waals surface area contributed by atoms with Gasteiger partial charge in [0.25, 0.3) is 0 Å². The number of unbranched alkanes of at least 4 members (excludes halogenated alkanes) is 4. The highest BCUT2D eigenvalue weighted by Crippen LogP contribution is 2.45. The Morgan fingerprint density at radius 3 is 1.18 bits per heavy atom. The molecule has 0 aliphatic rings. The summed E-state index contributed by atoms with van der Waals surface area (Å²) in [6, 6.07) is 1.51. The van der Waals surface area contributed by atoms with Gasteiger partial charge in [-0.05, 0) is 50.7 Å². The Labute approximate surface area is 299 Å². The maximum absolute atomic E-state index is 15.7. The van der Waals surface area contributed by atoms with E-state index in [4.69, 9.17) is 27.9 Å². The van der Waals surface area contributed by atoms with E-state index < -0.39 is 68.1 Å². The fraction of sp³-hybridized carbons (Fsp3) is 0.571. The molecule has 1 nitrogen and oxygen atoms in total. The van der Waals surface area contributed by atoms with E-state index in [9.17, 15) is 52.7 Å². The summed E-state index contributed by atoms with van der Waals surface area (Å²) >= 11 is 12.2. The van der Waals surface area contributed by atoms with Gasteiger partial charge < -0.3 is 4.74 Å². The van der Waals surface area contributed by atoms with Crippen molar-refractivity contribution in [3.05, 3.63) is 44.9 Å². The molecule has 0 saturated carbocycles. The van der Waals surface area contributed by atoms with Crippen molar-refractivity contribution in [3.8, 4) is 11.5 Å². The molecule has 0 atom stereocenters. The first-order chi connectivity index (χ1) is 22.5. The van der Waals surface area contributed by atoms with E-state index in [-0.39, 0.29) is 131 Å². The minimum absolute atomic E-state index is 0.0566. The third kappa shape index (κ3) is 17.1. The highest BCUT2D eigenvalue weighted by Gasteiger charge is 2.32. The van der Waals surface area contributed by atoms with Crippen molar-refractivity contribution < 1.29 is 66.2 Å². The SMILES string of the molecule is Fc1c(Oc2cc(SCC(F)(F)F)c(Cl)c(CCCCCSC(F)(F)F)c2F)cc(SCC(F)(F)F)c(Cl)c1CCCCCSC(F)(F)F. The molecule has 0 N–H and O–H groups in total. The molecular weight excluding hydrogens is 817 g/mol. The second kappa shape index (κ2) is 19.4. The number of hydrogen-bond donors (Lipinski definition) is 0. The molecule has 0 unspecified atom stereocenters. The summed E-state index contributed by atoms with van der Waals surface area (Å²) in [5.41, 5.74) is -9.65. The molecule has 0 aliphatic heterocycles. The van der Waals surface area contributed by atoms with Crippen LogP contribution in [0.15, 0.2) is 21.9 Å². The van der Waals surface area contributed by atoms with Crippen molar-refractivity contribution in [1.29, 1.82) is 0 Å². The van der Waals surface area contributed by atoms with E-state index in [0.717, 1.165) is 12.1 Å². The lowest BCUT2D eigenvalue weighted by atomic mass is 10.1. The fourth-order valence-electron chi connectivity index (χ4n) is 4.05. The molecule has 49 heavy (non-hydrogen) atoms. The largest absolute Gasteiger partial charge is 0.451 e. The van der Waals surface area contributed by atoms with Gasteiger partial charge in [0.2, 0.25) is 0 Å². The second-order valence-electron chi connectivity index (χ2n) is 10.1. The van der Waals surface area contributed by atoms with Crippen molar-refractivity contribution in [1.82, 2.24) is 0 Å². The number of halogens is 16. The Morgan fingerprint density at radius 2 is 0.878 bits per heavy atom. The topological polar surface area (TPSA) is 9.23 Å². The quantitative estimate of drug-likeness (QED) is 0.0837. The lowest BCUT2D eigenvalue weighted by molar-refractivity contribution is -0.106. The van der Waals surface area contributed by atoms with Gasteiger partial charge in [0.1, 0.15) is 0 Å². The number of rotatable bonds is 18. The van der Waals surface area contributed by atoms with Crippen LogP contribution in [0, 0.1) is 11.6 Å². The molecule has 2 aromatic carbocycles.